The predicted molar refractivity (Wildman–Crippen MR) is 158 cm³/mol. The minimum Gasteiger partial charge on any atom is -0.354 e. The van der Waals surface area contributed by atoms with Crippen LogP contribution in [-0.4, -0.2) is 45.8 Å². The van der Waals surface area contributed by atoms with E-state index in [0.29, 0.717) is 22.6 Å². The van der Waals surface area contributed by atoms with Gasteiger partial charge in [0.2, 0.25) is 5.91 Å². The SMILES string of the molecule is CN(C)C(=O)CN(c1ccc(N/C(=C2\C(=O)Nc3ccccc32)c2ccccc2)cc1)S(=O)(=O)c1ccccc1. The number of sulfonamides is 1. The highest BCUT2D eigenvalue weighted by atomic mass is 32.2. The molecule has 1 aliphatic heterocycles. The van der Waals surface area contributed by atoms with Gasteiger partial charge in [-0.15, -0.1) is 0 Å². The molecule has 0 saturated heterocycles. The van der Waals surface area contributed by atoms with Crippen molar-refractivity contribution in [2.75, 3.05) is 35.6 Å². The summed E-state index contributed by atoms with van der Waals surface area (Å²) >= 11 is 0. The highest BCUT2D eigenvalue weighted by molar-refractivity contribution is 7.92. The summed E-state index contributed by atoms with van der Waals surface area (Å²) in [6.07, 6.45) is 0. The van der Waals surface area contributed by atoms with Crippen LogP contribution in [-0.2, 0) is 19.6 Å². The molecule has 4 aromatic rings. The highest BCUT2D eigenvalue weighted by Gasteiger charge is 2.29. The third kappa shape index (κ3) is 5.32. The van der Waals surface area contributed by atoms with E-state index in [1.165, 1.54) is 17.0 Å². The summed E-state index contributed by atoms with van der Waals surface area (Å²) in [5, 5.41) is 6.30. The van der Waals surface area contributed by atoms with Gasteiger partial charge in [-0.3, -0.25) is 13.9 Å². The summed E-state index contributed by atoms with van der Waals surface area (Å²) in [5.74, 6) is -0.574. The van der Waals surface area contributed by atoms with Gasteiger partial charge in [-0.25, -0.2) is 8.42 Å². The van der Waals surface area contributed by atoms with Crippen LogP contribution in [0.1, 0.15) is 11.1 Å². The number of nitrogens with zero attached hydrogens (tertiary/aromatic N) is 2. The molecule has 0 spiro atoms. The van der Waals surface area contributed by atoms with Crippen molar-refractivity contribution in [1.82, 2.24) is 4.90 Å². The van der Waals surface area contributed by atoms with Gasteiger partial charge in [-0.2, -0.15) is 0 Å². The van der Waals surface area contributed by atoms with Gasteiger partial charge in [-0.05, 0) is 48.0 Å². The quantitative estimate of drug-likeness (QED) is 0.303. The zero-order chi connectivity index (χ0) is 28.3. The molecule has 1 heterocycles. The van der Waals surface area contributed by atoms with Crippen molar-refractivity contribution in [3.05, 3.63) is 120 Å². The summed E-state index contributed by atoms with van der Waals surface area (Å²) in [5.41, 5.74) is 4.45. The Hall–Kier alpha value is -4.89. The second-order valence-electron chi connectivity index (χ2n) is 9.40. The van der Waals surface area contributed by atoms with E-state index in [0.717, 1.165) is 21.1 Å². The Morgan fingerprint density at radius 2 is 1.40 bits per heavy atom. The number of rotatable bonds is 8. The van der Waals surface area contributed by atoms with Crippen molar-refractivity contribution in [2.24, 2.45) is 0 Å². The molecule has 2 amide bonds. The van der Waals surface area contributed by atoms with Crippen molar-refractivity contribution in [1.29, 1.82) is 0 Å². The fourth-order valence-corrected chi connectivity index (χ4v) is 5.84. The first kappa shape index (κ1) is 26.7. The molecule has 0 aliphatic carbocycles. The van der Waals surface area contributed by atoms with E-state index in [1.54, 1.807) is 56.6 Å². The standard InChI is InChI=1S/C31H28N4O4S/c1-34(2)28(36)21-35(40(38,39)25-13-7-4-8-14-25)24-19-17-23(18-20-24)32-30(22-11-5-3-6-12-22)29-26-15-9-10-16-27(26)33-31(29)37/h3-20,32H,21H2,1-2H3,(H,33,37)/b30-29-. The minimum absolute atomic E-state index is 0.0887. The van der Waals surface area contributed by atoms with Gasteiger partial charge in [-0.1, -0.05) is 66.7 Å². The highest BCUT2D eigenvalue weighted by Crippen LogP contribution is 2.37. The Balaban J connectivity index is 1.53. The van der Waals surface area contributed by atoms with Gasteiger partial charge < -0.3 is 15.5 Å². The summed E-state index contributed by atoms with van der Waals surface area (Å²) in [6.45, 7) is -0.354. The largest absolute Gasteiger partial charge is 0.354 e. The Morgan fingerprint density at radius 3 is 2.05 bits per heavy atom. The lowest BCUT2D eigenvalue weighted by atomic mass is 10.00. The van der Waals surface area contributed by atoms with Crippen LogP contribution in [0.5, 0.6) is 0 Å². The third-order valence-corrected chi connectivity index (χ3v) is 8.31. The van der Waals surface area contributed by atoms with Crippen molar-refractivity contribution < 1.29 is 18.0 Å². The summed E-state index contributed by atoms with van der Waals surface area (Å²) < 4.78 is 28.2. The molecule has 0 atom stereocenters. The number of likely N-dealkylation sites (N-methyl/N-ethyl adjacent to an activating group) is 1. The molecule has 0 saturated carbocycles. The van der Waals surface area contributed by atoms with E-state index in [-0.39, 0.29) is 23.3 Å². The van der Waals surface area contributed by atoms with Crippen LogP contribution in [0.4, 0.5) is 17.1 Å². The molecule has 5 rings (SSSR count). The second-order valence-corrected chi connectivity index (χ2v) is 11.3. The zero-order valence-corrected chi connectivity index (χ0v) is 22.9. The molecule has 40 heavy (non-hydrogen) atoms. The molecule has 0 radical (unpaired) electrons. The Morgan fingerprint density at radius 1 is 0.800 bits per heavy atom. The van der Waals surface area contributed by atoms with Crippen LogP contribution in [0.15, 0.2) is 114 Å². The Labute approximate surface area is 233 Å². The Kier molecular flexibility index (Phi) is 7.39. The third-order valence-electron chi connectivity index (χ3n) is 6.52. The van der Waals surface area contributed by atoms with Crippen LogP contribution < -0.4 is 14.9 Å². The van der Waals surface area contributed by atoms with Crippen molar-refractivity contribution in [3.8, 4) is 0 Å². The van der Waals surface area contributed by atoms with Gasteiger partial charge in [0.1, 0.15) is 6.54 Å². The number of anilines is 3. The fourth-order valence-electron chi connectivity index (χ4n) is 4.40. The number of hydrogen-bond acceptors (Lipinski definition) is 5. The van der Waals surface area contributed by atoms with Gasteiger partial charge in [0.05, 0.1) is 21.9 Å². The minimum atomic E-state index is -4.01. The number of carbonyl (C=O) groups is 2. The normalized spacial score (nSPS) is 13.7. The van der Waals surface area contributed by atoms with E-state index in [2.05, 4.69) is 10.6 Å². The average Bonchev–Trinajstić information content (AvgIpc) is 3.31. The van der Waals surface area contributed by atoms with E-state index < -0.39 is 10.0 Å². The average molecular weight is 553 g/mol. The topological polar surface area (TPSA) is 98.8 Å². The van der Waals surface area contributed by atoms with E-state index in [1.807, 2.05) is 54.6 Å². The van der Waals surface area contributed by atoms with Crippen molar-refractivity contribution in [3.63, 3.8) is 0 Å². The van der Waals surface area contributed by atoms with Crippen LogP contribution in [0, 0.1) is 0 Å². The first-order valence-electron chi connectivity index (χ1n) is 12.6. The van der Waals surface area contributed by atoms with Crippen LogP contribution in [0.3, 0.4) is 0 Å². The molecule has 4 aromatic carbocycles. The maximum atomic E-state index is 13.6. The van der Waals surface area contributed by atoms with E-state index in [9.17, 15) is 18.0 Å². The maximum Gasteiger partial charge on any atom is 0.264 e. The van der Waals surface area contributed by atoms with Crippen molar-refractivity contribution in [2.45, 2.75) is 4.90 Å². The lowest BCUT2D eigenvalue weighted by Gasteiger charge is -2.25. The van der Waals surface area contributed by atoms with Gasteiger partial charge >= 0.3 is 0 Å². The molecule has 202 valence electrons. The van der Waals surface area contributed by atoms with E-state index in [4.69, 9.17) is 0 Å². The molecule has 0 aromatic heterocycles. The lowest BCUT2D eigenvalue weighted by molar-refractivity contribution is -0.127. The molecular formula is C31H28N4O4S. The molecule has 9 heteroatoms. The van der Waals surface area contributed by atoms with Gasteiger partial charge in [0.25, 0.3) is 15.9 Å². The number of hydrogen-bond donors (Lipinski definition) is 2. The fraction of sp³-hybridized carbons (Fsp3) is 0.0968. The van der Waals surface area contributed by atoms with Gasteiger partial charge in [0.15, 0.2) is 0 Å². The first-order valence-corrected chi connectivity index (χ1v) is 14.0. The molecular weight excluding hydrogens is 524 g/mol. The number of para-hydroxylation sites is 1. The number of amides is 2. The molecule has 0 unspecified atom stereocenters. The molecule has 1 aliphatic rings. The summed E-state index contributed by atoms with van der Waals surface area (Å²) in [6, 6.07) is 31.8. The van der Waals surface area contributed by atoms with Gasteiger partial charge in [0, 0.05) is 31.0 Å². The zero-order valence-electron chi connectivity index (χ0n) is 22.0. The number of benzene rings is 4. The van der Waals surface area contributed by atoms with Crippen LogP contribution >= 0.6 is 0 Å². The van der Waals surface area contributed by atoms with E-state index >= 15 is 0 Å². The number of nitrogens with one attached hydrogen (secondary N) is 2. The maximum absolute atomic E-state index is 13.6. The predicted octanol–water partition coefficient (Wildman–Crippen LogP) is 4.90. The molecule has 0 fully saturated rings. The second kappa shape index (κ2) is 11.1. The number of carbonyl (C=O) groups excluding carboxylic acids is 2. The summed E-state index contributed by atoms with van der Waals surface area (Å²) in [7, 11) is -0.848. The molecule has 8 nitrogen and oxygen atoms in total. The molecule has 2 N–H and O–H groups in total. The Bertz CT molecular complexity index is 1680. The van der Waals surface area contributed by atoms with Crippen LogP contribution in [0.2, 0.25) is 0 Å². The van der Waals surface area contributed by atoms with Crippen molar-refractivity contribution >= 4 is 50.2 Å². The molecule has 0 bridgehead atoms. The monoisotopic (exact) mass is 552 g/mol. The first-order chi connectivity index (χ1) is 19.3. The summed E-state index contributed by atoms with van der Waals surface area (Å²) in [4.78, 5) is 27.1. The van der Waals surface area contributed by atoms with Crippen LogP contribution in [0.25, 0.3) is 11.3 Å². The lowest BCUT2D eigenvalue weighted by Crippen LogP contribution is -2.40. The smallest absolute Gasteiger partial charge is 0.264 e. The number of fused-ring (bicyclic) bond motifs is 1.